The van der Waals surface area contributed by atoms with E-state index in [1.165, 1.54) is 0 Å². The van der Waals surface area contributed by atoms with Gasteiger partial charge in [0.2, 0.25) is 0 Å². The molecular weight excluding hydrogens is 226 g/mol. The monoisotopic (exact) mass is 245 g/mol. The average Bonchev–Trinajstić information content (AvgIpc) is 2.69. The van der Waals surface area contributed by atoms with Gasteiger partial charge in [0.25, 0.3) is 5.91 Å². The van der Waals surface area contributed by atoms with Crippen molar-refractivity contribution < 1.29 is 4.79 Å². The number of carbonyl (C=O) groups excluding carboxylic acids is 1. The zero-order chi connectivity index (χ0) is 12.8. The van der Waals surface area contributed by atoms with Crippen molar-refractivity contribution in [2.75, 3.05) is 24.5 Å². The molecule has 1 aromatic rings. The third kappa shape index (κ3) is 2.88. The Kier molecular flexibility index (Phi) is 4.34. The number of nitrogens with zero attached hydrogens (tertiary/aromatic N) is 2. The van der Waals surface area contributed by atoms with Crippen LogP contribution in [0.3, 0.4) is 0 Å². The van der Waals surface area contributed by atoms with Crippen LogP contribution in [0.1, 0.15) is 19.8 Å². The molecule has 1 aliphatic heterocycles. The van der Waals surface area contributed by atoms with E-state index in [1.807, 2.05) is 37.3 Å². The van der Waals surface area contributed by atoms with Crippen molar-refractivity contribution in [1.29, 1.82) is 0 Å². The van der Waals surface area contributed by atoms with E-state index in [0.717, 1.165) is 31.6 Å². The molecule has 1 aliphatic rings. The topological polar surface area (TPSA) is 44.7 Å². The number of amides is 1. The quantitative estimate of drug-likeness (QED) is 0.883. The first-order valence-corrected chi connectivity index (χ1v) is 6.48. The molecule has 2 rings (SSSR count). The van der Waals surface area contributed by atoms with Crippen molar-refractivity contribution in [3.8, 4) is 0 Å². The summed E-state index contributed by atoms with van der Waals surface area (Å²) in [6.07, 6.45) is 2.11. The normalized spacial score (nSPS) is 15.3. The molecule has 0 aliphatic carbocycles. The minimum Gasteiger partial charge on any atom is -0.366 e. The average molecular weight is 245 g/mol. The molecule has 96 valence electrons. The number of anilines is 1. The van der Waals surface area contributed by atoms with Gasteiger partial charge in [0, 0.05) is 25.3 Å². The van der Waals surface area contributed by atoms with E-state index in [9.17, 15) is 4.79 Å². The van der Waals surface area contributed by atoms with Crippen LogP contribution in [0.4, 0.5) is 5.69 Å². The molecule has 0 bridgehead atoms. The third-order valence-electron chi connectivity index (χ3n) is 2.98. The van der Waals surface area contributed by atoms with E-state index in [4.69, 9.17) is 0 Å². The number of nitrogens with one attached hydrogen (secondary N) is 1. The Morgan fingerprint density at radius 1 is 1.33 bits per heavy atom. The molecule has 18 heavy (non-hydrogen) atoms. The summed E-state index contributed by atoms with van der Waals surface area (Å²) in [5, 5.41) is 3.12. The van der Waals surface area contributed by atoms with Gasteiger partial charge in [-0.05, 0) is 31.9 Å². The Morgan fingerprint density at radius 2 is 2.11 bits per heavy atom. The van der Waals surface area contributed by atoms with Gasteiger partial charge in [-0.1, -0.05) is 18.2 Å². The van der Waals surface area contributed by atoms with Crippen molar-refractivity contribution in [3.05, 3.63) is 30.3 Å². The highest BCUT2D eigenvalue weighted by Gasteiger charge is 2.20. The summed E-state index contributed by atoms with van der Waals surface area (Å²) >= 11 is 0. The Morgan fingerprint density at radius 3 is 2.83 bits per heavy atom. The van der Waals surface area contributed by atoms with Gasteiger partial charge in [0.05, 0.1) is 0 Å². The fourth-order valence-corrected chi connectivity index (χ4v) is 2.01. The van der Waals surface area contributed by atoms with E-state index in [2.05, 4.69) is 10.3 Å². The van der Waals surface area contributed by atoms with Gasteiger partial charge in [0.1, 0.15) is 0 Å². The van der Waals surface area contributed by atoms with Crippen LogP contribution in [0.25, 0.3) is 0 Å². The lowest BCUT2D eigenvalue weighted by Gasteiger charge is -2.21. The highest BCUT2D eigenvalue weighted by atomic mass is 16.2. The zero-order valence-electron chi connectivity index (χ0n) is 10.7. The number of amidine groups is 1. The number of aliphatic imine (C=N–C) groups is 1. The Hall–Kier alpha value is -1.84. The van der Waals surface area contributed by atoms with Crippen LogP contribution in [-0.2, 0) is 4.79 Å². The Bertz CT molecular complexity index is 428. The van der Waals surface area contributed by atoms with Gasteiger partial charge in [-0.3, -0.25) is 9.79 Å². The van der Waals surface area contributed by atoms with Crippen molar-refractivity contribution in [3.63, 3.8) is 0 Å². The molecule has 0 radical (unpaired) electrons. The Balaban J connectivity index is 2.17. The first-order valence-electron chi connectivity index (χ1n) is 6.48. The molecule has 0 fully saturated rings. The molecule has 4 heteroatoms. The van der Waals surface area contributed by atoms with E-state index in [1.54, 1.807) is 4.90 Å². The van der Waals surface area contributed by atoms with Crippen molar-refractivity contribution in [2.45, 2.75) is 19.8 Å². The number of carbonyl (C=O) groups is 1. The molecule has 0 unspecified atom stereocenters. The maximum Gasteiger partial charge on any atom is 0.293 e. The highest BCUT2D eigenvalue weighted by Crippen LogP contribution is 2.13. The predicted molar refractivity (Wildman–Crippen MR) is 74.0 cm³/mol. The van der Waals surface area contributed by atoms with Crippen LogP contribution in [0.2, 0.25) is 0 Å². The summed E-state index contributed by atoms with van der Waals surface area (Å²) in [6, 6.07) is 9.71. The Labute approximate surface area is 108 Å². The fourth-order valence-electron chi connectivity index (χ4n) is 2.01. The summed E-state index contributed by atoms with van der Waals surface area (Å²) in [5.74, 6) is 0.462. The van der Waals surface area contributed by atoms with Crippen LogP contribution >= 0.6 is 0 Å². The first kappa shape index (κ1) is 12.6. The van der Waals surface area contributed by atoms with Crippen LogP contribution in [0.5, 0.6) is 0 Å². The lowest BCUT2D eigenvalue weighted by atomic mass is 10.2. The van der Waals surface area contributed by atoms with Gasteiger partial charge in [0.15, 0.2) is 5.84 Å². The van der Waals surface area contributed by atoms with Crippen LogP contribution in [-0.4, -0.2) is 31.4 Å². The highest BCUT2D eigenvalue weighted by molar-refractivity contribution is 6.42. The van der Waals surface area contributed by atoms with E-state index in [-0.39, 0.29) is 5.91 Å². The summed E-state index contributed by atoms with van der Waals surface area (Å²) in [4.78, 5) is 18.5. The van der Waals surface area contributed by atoms with Crippen LogP contribution in [0, 0.1) is 0 Å². The standard InChI is InChI=1S/C14H19N3O/c1-2-17(12-8-4-3-5-9-12)14(18)13-15-10-6-7-11-16-13/h3-5,8-9H,2,6-7,10-11H2,1H3,(H,15,16). The maximum atomic E-state index is 12.4. The van der Waals surface area contributed by atoms with Crippen molar-refractivity contribution >= 4 is 17.4 Å². The molecule has 0 aromatic heterocycles. The SMILES string of the molecule is CCN(C(=O)C1=NCCCCN1)c1ccccc1. The van der Waals surface area contributed by atoms with Gasteiger partial charge < -0.3 is 10.2 Å². The minimum absolute atomic E-state index is 0.0365. The lowest BCUT2D eigenvalue weighted by molar-refractivity contribution is -0.112. The molecule has 0 spiro atoms. The summed E-state index contributed by atoms with van der Waals surface area (Å²) in [5.41, 5.74) is 0.916. The van der Waals surface area contributed by atoms with E-state index >= 15 is 0 Å². The van der Waals surface area contributed by atoms with Crippen molar-refractivity contribution in [2.24, 2.45) is 4.99 Å². The lowest BCUT2D eigenvalue weighted by Crippen LogP contribution is -2.43. The second-order valence-electron chi connectivity index (χ2n) is 4.25. The third-order valence-corrected chi connectivity index (χ3v) is 2.98. The molecule has 1 N–H and O–H groups in total. The molecule has 0 saturated carbocycles. The van der Waals surface area contributed by atoms with Gasteiger partial charge in [-0.25, -0.2) is 0 Å². The second kappa shape index (κ2) is 6.19. The number of hydrogen-bond acceptors (Lipinski definition) is 3. The summed E-state index contributed by atoms with van der Waals surface area (Å²) in [6.45, 7) is 4.18. The van der Waals surface area contributed by atoms with Gasteiger partial charge >= 0.3 is 0 Å². The van der Waals surface area contributed by atoms with Crippen molar-refractivity contribution in [1.82, 2.24) is 5.32 Å². The smallest absolute Gasteiger partial charge is 0.293 e. The predicted octanol–water partition coefficient (Wildman–Crippen LogP) is 1.82. The fraction of sp³-hybridized carbons (Fsp3) is 0.429. The number of hydrogen-bond donors (Lipinski definition) is 1. The van der Waals surface area contributed by atoms with Crippen LogP contribution < -0.4 is 10.2 Å². The molecule has 4 nitrogen and oxygen atoms in total. The molecular formula is C14H19N3O. The zero-order valence-corrected chi connectivity index (χ0v) is 10.7. The van der Waals surface area contributed by atoms with Gasteiger partial charge in [-0.15, -0.1) is 0 Å². The first-order chi connectivity index (χ1) is 8.83. The second-order valence-corrected chi connectivity index (χ2v) is 4.25. The van der Waals surface area contributed by atoms with Crippen LogP contribution in [0.15, 0.2) is 35.3 Å². The number of rotatable bonds is 3. The molecule has 1 aromatic carbocycles. The number of para-hydroxylation sites is 1. The van der Waals surface area contributed by atoms with E-state index < -0.39 is 0 Å². The molecule has 1 heterocycles. The molecule has 0 saturated heterocycles. The summed E-state index contributed by atoms with van der Waals surface area (Å²) in [7, 11) is 0. The van der Waals surface area contributed by atoms with Gasteiger partial charge in [-0.2, -0.15) is 0 Å². The van der Waals surface area contributed by atoms with E-state index in [0.29, 0.717) is 12.4 Å². The largest absolute Gasteiger partial charge is 0.366 e. The number of likely N-dealkylation sites (N-methyl/N-ethyl adjacent to an activating group) is 1. The minimum atomic E-state index is -0.0365. The molecule has 0 atom stereocenters. The maximum absolute atomic E-state index is 12.4. The molecule has 1 amide bonds. The summed E-state index contributed by atoms with van der Waals surface area (Å²) < 4.78 is 0. The number of benzene rings is 1.